The summed E-state index contributed by atoms with van der Waals surface area (Å²) in [6.45, 7) is 3.80. The zero-order valence-electron chi connectivity index (χ0n) is 36.6. The molecule has 1 amide bonds. The standard InChI is InChI=1S/C24H31NO3.C24H48O5.C2H2/c25-23(26)16-9-4-2-1-3-5-10-17-28-19-20-12-11-15-22(18-20)24(27)21-13-7-6-8-14-21;1-2-3-4-5-6-7-8-9-10-11-12-13-14-15-21(26)18-19-28-24-17-16-22(27)23(20-25)29-24;1-2/h6-8,11-15,18H,1-5,9-10,16-17,19H2,(H2,25,26);21-27H,2-20H2,1H3;1-2H. The quantitative estimate of drug-likeness (QED) is 0.0316. The van der Waals surface area contributed by atoms with Crippen molar-refractivity contribution in [3.63, 3.8) is 0 Å². The summed E-state index contributed by atoms with van der Waals surface area (Å²) in [5.41, 5.74) is 7.55. The number of nitrogens with two attached hydrogens (primary N) is 1. The highest BCUT2D eigenvalue weighted by Gasteiger charge is 2.29. The number of hydrogen-bond acceptors (Lipinski definition) is 8. The van der Waals surface area contributed by atoms with Gasteiger partial charge in [0.15, 0.2) is 12.1 Å². The average molecular weight is 824 g/mol. The Morgan fingerprint density at radius 2 is 1.29 bits per heavy atom. The highest BCUT2D eigenvalue weighted by molar-refractivity contribution is 6.09. The molecular formula is C50H81NO8. The van der Waals surface area contributed by atoms with E-state index in [0.29, 0.717) is 50.0 Å². The van der Waals surface area contributed by atoms with Crippen molar-refractivity contribution < 1.29 is 39.1 Å². The lowest BCUT2D eigenvalue weighted by molar-refractivity contribution is -0.230. The normalized spacial score (nSPS) is 16.6. The molecule has 0 spiro atoms. The van der Waals surface area contributed by atoms with Gasteiger partial charge in [0.1, 0.15) is 6.10 Å². The number of benzene rings is 2. The minimum atomic E-state index is -0.610. The fraction of sp³-hybridized carbons (Fsp3) is 0.680. The van der Waals surface area contributed by atoms with E-state index in [0.717, 1.165) is 57.1 Å². The molecule has 2 aromatic carbocycles. The molecule has 1 saturated heterocycles. The third kappa shape index (κ3) is 28.9. The van der Waals surface area contributed by atoms with Crippen LogP contribution >= 0.6 is 0 Å². The first-order chi connectivity index (χ1) is 28.8. The molecule has 4 atom stereocenters. The molecule has 0 saturated carbocycles. The van der Waals surface area contributed by atoms with Gasteiger partial charge in [-0.05, 0) is 43.7 Å². The molecule has 9 nitrogen and oxygen atoms in total. The molecule has 3 rings (SSSR count). The first-order valence-electron chi connectivity index (χ1n) is 23.0. The van der Waals surface area contributed by atoms with E-state index >= 15 is 0 Å². The van der Waals surface area contributed by atoms with Gasteiger partial charge in [-0.1, -0.05) is 171 Å². The summed E-state index contributed by atoms with van der Waals surface area (Å²) in [6.07, 6.45) is 34.5. The van der Waals surface area contributed by atoms with Crippen molar-refractivity contribution in [2.75, 3.05) is 19.8 Å². The number of ether oxygens (including phenoxy) is 3. The van der Waals surface area contributed by atoms with Gasteiger partial charge in [-0.3, -0.25) is 9.59 Å². The molecule has 59 heavy (non-hydrogen) atoms. The van der Waals surface area contributed by atoms with Crippen molar-refractivity contribution in [1.82, 2.24) is 0 Å². The van der Waals surface area contributed by atoms with Gasteiger partial charge < -0.3 is 35.3 Å². The monoisotopic (exact) mass is 824 g/mol. The van der Waals surface area contributed by atoms with Crippen LogP contribution in [0.3, 0.4) is 0 Å². The van der Waals surface area contributed by atoms with Crippen LogP contribution in [0.1, 0.15) is 189 Å². The van der Waals surface area contributed by atoms with Gasteiger partial charge in [-0.15, -0.1) is 12.8 Å². The van der Waals surface area contributed by atoms with Gasteiger partial charge in [0, 0.05) is 30.6 Å². The van der Waals surface area contributed by atoms with E-state index in [1.807, 2.05) is 54.6 Å². The number of hydrogen-bond donors (Lipinski definition) is 4. The lowest BCUT2D eigenvalue weighted by Gasteiger charge is -2.32. The summed E-state index contributed by atoms with van der Waals surface area (Å²) in [5, 5.41) is 28.9. The highest BCUT2D eigenvalue weighted by Crippen LogP contribution is 2.21. The number of aliphatic hydroxyl groups excluding tert-OH is 3. The highest BCUT2D eigenvalue weighted by atomic mass is 16.7. The number of aliphatic hydroxyl groups is 3. The number of unbranched alkanes of at least 4 members (excludes halogenated alkanes) is 18. The van der Waals surface area contributed by atoms with E-state index in [4.69, 9.17) is 25.1 Å². The molecule has 0 radical (unpaired) electrons. The van der Waals surface area contributed by atoms with Crippen molar-refractivity contribution in [2.45, 2.75) is 199 Å². The van der Waals surface area contributed by atoms with Crippen LogP contribution in [0, 0.1) is 12.8 Å². The summed E-state index contributed by atoms with van der Waals surface area (Å²) in [7, 11) is 0. The Kier molecular flexibility index (Phi) is 34.6. The minimum Gasteiger partial charge on any atom is -0.394 e. The molecular weight excluding hydrogens is 743 g/mol. The first kappa shape index (κ1) is 53.9. The molecule has 0 aromatic heterocycles. The molecule has 0 bridgehead atoms. The van der Waals surface area contributed by atoms with Crippen LogP contribution in [0.25, 0.3) is 0 Å². The minimum absolute atomic E-state index is 0.0401. The van der Waals surface area contributed by atoms with E-state index < -0.39 is 12.2 Å². The van der Waals surface area contributed by atoms with Gasteiger partial charge in [0.05, 0.1) is 32.0 Å². The molecule has 1 fully saturated rings. The number of ketones is 1. The van der Waals surface area contributed by atoms with Gasteiger partial charge in [-0.2, -0.15) is 0 Å². The molecule has 1 aliphatic heterocycles. The number of carbonyl (C=O) groups excluding carboxylic acids is 2. The lowest BCUT2D eigenvalue weighted by atomic mass is 10.0. The molecule has 2 aromatic rings. The molecule has 0 aliphatic carbocycles. The molecule has 4 unspecified atom stereocenters. The fourth-order valence-corrected chi connectivity index (χ4v) is 7.15. The Morgan fingerprint density at radius 3 is 1.88 bits per heavy atom. The van der Waals surface area contributed by atoms with Crippen LogP contribution in [0.5, 0.6) is 0 Å². The van der Waals surface area contributed by atoms with Crippen LogP contribution in [-0.4, -0.2) is 71.4 Å². The zero-order chi connectivity index (χ0) is 43.2. The van der Waals surface area contributed by atoms with Crippen molar-refractivity contribution in [3.05, 3.63) is 71.3 Å². The molecule has 5 N–H and O–H groups in total. The third-order valence-electron chi connectivity index (χ3n) is 10.7. The predicted molar refractivity (Wildman–Crippen MR) is 240 cm³/mol. The van der Waals surface area contributed by atoms with Crippen LogP contribution in [0.2, 0.25) is 0 Å². The lowest BCUT2D eigenvalue weighted by Crippen LogP contribution is -2.42. The smallest absolute Gasteiger partial charge is 0.217 e. The van der Waals surface area contributed by atoms with E-state index in [1.165, 1.54) is 89.9 Å². The van der Waals surface area contributed by atoms with Crippen LogP contribution in [0.15, 0.2) is 54.6 Å². The van der Waals surface area contributed by atoms with Crippen molar-refractivity contribution in [1.29, 1.82) is 0 Å². The summed E-state index contributed by atoms with van der Waals surface area (Å²) in [6, 6.07) is 17.0. The van der Waals surface area contributed by atoms with E-state index in [2.05, 4.69) is 19.8 Å². The van der Waals surface area contributed by atoms with Gasteiger partial charge in [-0.25, -0.2) is 0 Å². The maximum absolute atomic E-state index is 12.5. The second-order valence-electron chi connectivity index (χ2n) is 15.9. The zero-order valence-corrected chi connectivity index (χ0v) is 36.6. The van der Waals surface area contributed by atoms with Crippen LogP contribution in [-0.2, 0) is 25.6 Å². The maximum atomic E-state index is 12.5. The van der Waals surface area contributed by atoms with E-state index in [1.54, 1.807) is 0 Å². The Hall–Kier alpha value is -3.10. The molecule has 1 heterocycles. The fourth-order valence-electron chi connectivity index (χ4n) is 7.15. The molecule has 1 aliphatic rings. The van der Waals surface area contributed by atoms with Gasteiger partial charge >= 0.3 is 0 Å². The average Bonchev–Trinajstić information content (AvgIpc) is 3.26. The Morgan fingerprint density at radius 1 is 0.729 bits per heavy atom. The van der Waals surface area contributed by atoms with E-state index in [-0.39, 0.29) is 30.7 Å². The van der Waals surface area contributed by atoms with E-state index in [9.17, 15) is 19.8 Å². The summed E-state index contributed by atoms with van der Waals surface area (Å²) < 4.78 is 16.9. The van der Waals surface area contributed by atoms with Gasteiger partial charge in [0.25, 0.3) is 0 Å². The Bertz CT molecular complexity index is 1300. The van der Waals surface area contributed by atoms with Crippen molar-refractivity contribution >= 4 is 11.7 Å². The number of amides is 1. The summed E-state index contributed by atoms with van der Waals surface area (Å²) in [4.78, 5) is 23.2. The second-order valence-corrected chi connectivity index (χ2v) is 15.9. The number of rotatable bonds is 33. The topological polar surface area (TPSA) is 149 Å². The van der Waals surface area contributed by atoms with Gasteiger partial charge in [0.2, 0.25) is 5.91 Å². The maximum Gasteiger partial charge on any atom is 0.217 e. The van der Waals surface area contributed by atoms with Crippen LogP contribution in [0.4, 0.5) is 0 Å². The van der Waals surface area contributed by atoms with Crippen LogP contribution < -0.4 is 5.73 Å². The number of primary amides is 1. The number of carbonyl (C=O) groups is 2. The first-order valence-corrected chi connectivity index (χ1v) is 23.0. The Labute approximate surface area is 358 Å². The largest absolute Gasteiger partial charge is 0.394 e. The molecule has 9 heteroatoms. The Balaban J connectivity index is 0.000000566. The second kappa shape index (κ2) is 37.9. The van der Waals surface area contributed by atoms with Crippen molar-refractivity contribution in [2.24, 2.45) is 5.73 Å². The van der Waals surface area contributed by atoms with Crippen molar-refractivity contribution in [3.8, 4) is 12.8 Å². The third-order valence-corrected chi connectivity index (χ3v) is 10.7. The predicted octanol–water partition coefficient (Wildman–Crippen LogP) is 10.4. The summed E-state index contributed by atoms with van der Waals surface area (Å²) >= 11 is 0. The number of terminal acetylenes is 1. The SMILES string of the molecule is C#C.CCCCCCCCCCCCCCCC(O)CCOC1CCC(O)C(CO)O1.NC(=O)CCCCCCCCCOCc1cccc(C(=O)c2ccccc2)c1. The molecule has 334 valence electrons. The summed E-state index contributed by atoms with van der Waals surface area (Å²) in [5.74, 6) is -0.162.